The van der Waals surface area contributed by atoms with Gasteiger partial charge in [0.15, 0.2) is 5.69 Å². The van der Waals surface area contributed by atoms with Crippen LogP contribution in [0.25, 0.3) is 17.2 Å². The molecule has 34 heavy (non-hydrogen) atoms. The van der Waals surface area contributed by atoms with E-state index >= 15 is 0 Å². The highest BCUT2D eigenvalue weighted by Crippen LogP contribution is 2.50. The van der Waals surface area contributed by atoms with Crippen molar-refractivity contribution < 1.29 is 31.9 Å². The van der Waals surface area contributed by atoms with Gasteiger partial charge in [-0.3, -0.25) is 4.52 Å². The zero-order valence-corrected chi connectivity index (χ0v) is 19.3. The van der Waals surface area contributed by atoms with E-state index in [-0.39, 0.29) is 52.0 Å². The van der Waals surface area contributed by atoms with E-state index in [1.54, 1.807) is 0 Å². The van der Waals surface area contributed by atoms with Crippen LogP contribution in [0, 0.1) is 11.2 Å². The molecule has 2 aliphatic rings. The molecule has 0 bridgehead atoms. The molecule has 5 rings (SSSR count). The van der Waals surface area contributed by atoms with Gasteiger partial charge in [0.2, 0.25) is 11.6 Å². The number of hydrogen-bond donors (Lipinski definition) is 3. The Bertz CT molecular complexity index is 1440. The molecule has 0 unspecified atom stereocenters. The standard InChI is InChI=1S/C17H15BrFN7O7S/c18-10-3-9(1-2-11(10)19)26-14(23-32-16(26)29)12-13(22-33-21-12)20-8-4-17(5-8)6-25(7-17)34(30,31)24-15(27)28/h1-3,8,24H,4-7H2,(H,20,22)(H,27,28). The lowest BCUT2D eigenvalue weighted by atomic mass is 9.61. The van der Waals surface area contributed by atoms with Crippen molar-refractivity contribution in [3.8, 4) is 17.2 Å². The molecule has 1 spiro atoms. The number of aromatic nitrogens is 4. The summed E-state index contributed by atoms with van der Waals surface area (Å²) in [5, 5.41) is 23.2. The first kappa shape index (κ1) is 22.5. The van der Waals surface area contributed by atoms with Crippen molar-refractivity contribution >= 4 is 38.1 Å². The number of amides is 1. The highest BCUT2D eigenvalue weighted by Gasteiger charge is 2.56. The molecular formula is C17H15BrFN7O7S. The van der Waals surface area contributed by atoms with E-state index in [1.165, 1.54) is 22.9 Å². The Morgan fingerprint density at radius 2 is 2.00 bits per heavy atom. The normalized spacial score (nSPS) is 17.8. The lowest BCUT2D eigenvalue weighted by molar-refractivity contribution is -0.0180. The Morgan fingerprint density at radius 1 is 1.26 bits per heavy atom. The molecule has 1 aliphatic carbocycles. The number of carboxylic acid groups (broad SMARTS) is 1. The van der Waals surface area contributed by atoms with Crippen LogP contribution in [0.3, 0.4) is 0 Å². The third-order valence-electron chi connectivity index (χ3n) is 5.75. The summed E-state index contributed by atoms with van der Waals surface area (Å²) in [7, 11) is -4.07. The highest BCUT2D eigenvalue weighted by molar-refractivity contribution is 9.10. The van der Waals surface area contributed by atoms with E-state index in [9.17, 15) is 22.4 Å². The molecule has 1 saturated heterocycles. The first-order valence-electron chi connectivity index (χ1n) is 9.71. The molecule has 1 aromatic carbocycles. The van der Waals surface area contributed by atoms with Crippen LogP contribution >= 0.6 is 15.9 Å². The average molecular weight is 560 g/mol. The second kappa shape index (κ2) is 7.88. The third-order valence-corrected chi connectivity index (χ3v) is 7.72. The van der Waals surface area contributed by atoms with Crippen molar-refractivity contribution in [3.05, 3.63) is 39.0 Å². The number of benzene rings is 1. The fourth-order valence-electron chi connectivity index (χ4n) is 4.27. The molecule has 17 heteroatoms. The lowest BCUT2D eigenvalue weighted by Gasteiger charge is -2.57. The molecule has 0 radical (unpaired) electrons. The van der Waals surface area contributed by atoms with Crippen molar-refractivity contribution in [1.82, 2.24) is 29.1 Å². The number of halogens is 2. The van der Waals surface area contributed by atoms with Crippen LogP contribution in [0.5, 0.6) is 0 Å². The third kappa shape index (κ3) is 3.84. The Balaban J connectivity index is 1.29. The second-order valence-corrected chi connectivity index (χ2v) is 10.6. The number of hydrogen-bond acceptors (Lipinski definition) is 10. The van der Waals surface area contributed by atoms with E-state index < -0.39 is 27.9 Å². The molecular weight excluding hydrogens is 545 g/mol. The second-order valence-electron chi connectivity index (χ2n) is 8.10. The van der Waals surface area contributed by atoms with Gasteiger partial charge in [-0.2, -0.15) is 12.7 Å². The zero-order chi connectivity index (χ0) is 24.3. The van der Waals surface area contributed by atoms with Crippen LogP contribution in [0.4, 0.5) is 15.0 Å². The van der Waals surface area contributed by atoms with Gasteiger partial charge in [-0.25, -0.2) is 27.9 Å². The molecule has 1 aliphatic heterocycles. The van der Waals surface area contributed by atoms with Gasteiger partial charge < -0.3 is 10.4 Å². The summed E-state index contributed by atoms with van der Waals surface area (Å²) in [4.78, 5) is 22.9. The van der Waals surface area contributed by atoms with Gasteiger partial charge in [0, 0.05) is 24.5 Å². The zero-order valence-electron chi connectivity index (χ0n) is 16.9. The fourth-order valence-corrected chi connectivity index (χ4v) is 5.87. The molecule has 1 saturated carbocycles. The topological polar surface area (TPSA) is 186 Å². The van der Waals surface area contributed by atoms with Gasteiger partial charge >= 0.3 is 22.1 Å². The van der Waals surface area contributed by atoms with Crippen molar-refractivity contribution in [2.45, 2.75) is 18.9 Å². The summed E-state index contributed by atoms with van der Waals surface area (Å²) < 4.78 is 50.8. The van der Waals surface area contributed by atoms with Crippen molar-refractivity contribution in [2.75, 3.05) is 18.4 Å². The molecule has 3 aromatic rings. The van der Waals surface area contributed by atoms with Gasteiger partial charge in [0.25, 0.3) is 0 Å². The van der Waals surface area contributed by atoms with Crippen molar-refractivity contribution in [2.24, 2.45) is 5.41 Å². The fraction of sp³-hybridized carbons (Fsp3) is 0.353. The minimum atomic E-state index is -4.07. The molecule has 180 valence electrons. The highest BCUT2D eigenvalue weighted by atomic mass is 79.9. The smallest absolute Gasteiger partial charge is 0.446 e. The van der Waals surface area contributed by atoms with E-state index in [2.05, 4.69) is 36.7 Å². The minimum absolute atomic E-state index is 0.0121. The van der Waals surface area contributed by atoms with Crippen LogP contribution < -0.4 is 15.8 Å². The van der Waals surface area contributed by atoms with Crippen LogP contribution in [0.2, 0.25) is 0 Å². The largest absolute Gasteiger partial charge is 0.464 e. The van der Waals surface area contributed by atoms with Crippen LogP contribution in [-0.4, -0.2) is 63.1 Å². The van der Waals surface area contributed by atoms with Gasteiger partial charge in [-0.1, -0.05) is 5.16 Å². The lowest BCUT2D eigenvalue weighted by Crippen LogP contribution is -2.67. The molecule has 0 atom stereocenters. The van der Waals surface area contributed by atoms with E-state index in [0.717, 1.165) is 8.87 Å². The monoisotopic (exact) mass is 559 g/mol. The Hall–Kier alpha value is -3.31. The van der Waals surface area contributed by atoms with Crippen LogP contribution in [-0.2, 0) is 10.2 Å². The van der Waals surface area contributed by atoms with Gasteiger partial charge in [-0.05, 0) is 57.3 Å². The Morgan fingerprint density at radius 3 is 2.68 bits per heavy atom. The predicted molar refractivity (Wildman–Crippen MR) is 114 cm³/mol. The van der Waals surface area contributed by atoms with Gasteiger partial charge in [0.05, 0.1) is 10.2 Å². The Kier molecular flexibility index (Phi) is 5.21. The summed E-state index contributed by atoms with van der Waals surface area (Å²) in [5.74, 6) is -1.16. The maximum absolute atomic E-state index is 13.6. The number of rotatable bonds is 6. The quantitative estimate of drug-likeness (QED) is 0.393. The van der Waals surface area contributed by atoms with Gasteiger partial charge in [-0.15, -0.1) is 0 Å². The number of anilines is 1. The first-order chi connectivity index (χ1) is 16.1. The summed E-state index contributed by atoms with van der Waals surface area (Å²) >= 11 is 3.07. The van der Waals surface area contributed by atoms with E-state index in [1.807, 2.05) is 0 Å². The predicted octanol–water partition coefficient (Wildman–Crippen LogP) is 1.17. The summed E-state index contributed by atoms with van der Waals surface area (Å²) in [6.45, 7) is 0.389. The molecule has 14 nitrogen and oxygen atoms in total. The van der Waals surface area contributed by atoms with Crippen molar-refractivity contribution in [3.63, 3.8) is 0 Å². The van der Waals surface area contributed by atoms with Crippen molar-refractivity contribution in [1.29, 1.82) is 0 Å². The van der Waals surface area contributed by atoms with Crippen LogP contribution in [0.1, 0.15) is 12.8 Å². The number of nitrogens with one attached hydrogen (secondary N) is 2. The maximum Gasteiger partial charge on any atom is 0.446 e. The molecule has 3 N–H and O–H groups in total. The molecule has 2 fully saturated rings. The van der Waals surface area contributed by atoms with Gasteiger partial charge in [0.1, 0.15) is 5.82 Å². The van der Waals surface area contributed by atoms with E-state index in [4.69, 9.17) is 14.3 Å². The molecule has 1 amide bonds. The summed E-state index contributed by atoms with van der Waals surface area (Å²) in [5.41, 5.74) is 0.103. The van der Waals surface area contributed by atoms with Crippen LogP contribution in [0.15, 0.2) is 36.6 Å². The SMILES string of the molecule is O=C(O)NS(=O)(=O)N1CC2(CC(Nc3nonc3-c3noc(=O)n3-c3ccc(F)c(Br)c3)C2)C1. The number of carbonyl (C=O) groups is 1. The first-order valence-corrected chi connectivity index (χ1v) is 11.9. The number of nitrogens with zero attached hydrogens (tertiary/aromatic N) is 5. The maximum atomic E-state index is 13.6. The Labute approximate surface area is 198 Å². The summed E-state index contributed by atoms with van der Waals surface area (Å²) in [6, 6.07) is 3.82. The average Bonchev–Trinajstić information content (AvgIpc) is 3.29. The molecule has 3 heterocycles. The van der Waals surface area contributed by atoms with E-state index in [0.29, 0.717) is 12.8 Å². The minimum Gasteiger partial charge on any atom is -0.464 e. The summed E-state index contributed by atoms with van der Waals surface area (Å²) in [6.07, 6.45) is -0.455. The molecule has 2 aromatic heterocycles.